The van der Waals surface area contributed by atoms with Crippen LogP contribution >= 0.6 is 0 Å². The number of amides is 1. The highest BCUT2D eigenvalue weighted by Crippen LogP contribution is 2.54. The SMILES string of the molecule is CCC[C@@H](C)CCN1C(=O)O[C@@H]2[C@H]3C[C@@H]([C@@H]21)[C@@H](O[Si](c1ccccc1)(c1ccccc1)C(C)(C)C)C3. The van der Waals surface area contributed by atoms with Crippen LogP contribution in [0.15, 0.2) is 60.7 Å². The Hall–Kier alpha value is -2.11. The van der Waals surface area contributed by atoms with Crippen LogP contribution in [-0.2, 0) is 9.16 Å². The number of carbonyl (C=O) groups is 1. The highest BCUT2D eigenvalue weighted by atomic mass is 28.4. The van der Waals surface area contributed by atoms with Crippen molar-refractivity contribution in [1.29, 1.82) is 0 Å². The van der Waals surface area contributed by atoms with Gasteiger partial charge >= 0.3 is 6.09 Å². The maximum atomic E-state index is 12.9. The Morgan fingerprint density at radius 2 is 1.61 bits per heavy atom. The van der Waals surface area contributed by atoms with Crippen molar-refractivity contribution in [3.05, 3.63) is 60.7 Å². The third-order valence-electron chi connectivity index (χ3n) is 9.05. The summed E-state index contributed by atoms with van der Waals surface area (Å²) in [5.74, 6) is 1.38. The van der Waals surface area contributed by atoms with E-state index < -0.39 is 8.32 Å². The van der Waals surface area contributed by atoms with Gasteiger partial charge < -0.3 is 14.1 Å². The van der Waals surface area contributed by atoms with Crippen molar-refractivity contribution in [2.24, 2.45) is 17.8 Å². The minimum Gasteiger partial charge on any atom is -0.444 e. The summed E-state index contributed by atoms with van der Waals surface area (Å²) < 4.78 is 13.6. The molecule has 2 aromatic rings. The molecule has 3 aliphatic rings. The van der Waals surface area contributed by atoms with Crippen molar-refractivity contribution in [2.75, 3.05) is 6.54 Å². The van der Waals surface area contributed by atoms with Gasteiger partial charge in [0.1, 0.15) is 6.10 Å². The number of rotatable bonds is 9. The van der Waals surface area contributed by atoms with Gasteiger partial charge in [0.2, 0.25) is 0 Å². The summed E-state index contributed by atoms with van der Waals surface area (Å²) in [7, 11) is -2.63. The molecule has 0 radical (unpaired) electrons. The van der Waals surface area contributed by atoms with E-state index in [1.807, 2.05) is 0 Å². The maximum Gasteiger partial charge on any atom is 0.410 e. The van der Waals surface area contributed by atoms with Crippen LogP contribution in [0.3, 0.4) is 0 Å². The lowest BCUT2D eigenvalue weighted by Gasteiger charge is -2.47. The molecule has 6 atom stereocenters. The van der Waals surface area contributed by atoms with Crippen molar-refractivity contribution in [3.63, 3.8) is 0 Å². The molecule has 0 N–H and O–H groups in total. The number of fused-ring (bicyclic) bond motifs is 5. The molecule has 1 heterocycles. The number of hydrogen-bond acceptors (Lipinski definition) is 3. The highest BCUT2D eigenvalue weighted by Gasteiger charge is 2.63. The molecule has 1 amide bonds. The van der Waals surface area contributed by atoms with E-state index >= 15 is 0 Å². The number of nitrogens with zero attached hydrogens (tertiary/aromatic N) is 1. The van der Waals surface area contributed by atoms with Crippen LogP contribution in [-0.4, -0.2) is 44.1 Å². The number of hydrogen-bond donors (Lipinski definition) is 0. The molecule has 5 rings (SSSR count). The van der Waals surface area contributed by atoms with Crippen LogP contribution in [0.4, 0.5) is 4.79 Å². The molecule has 1 aliphatic heterocycles. The van der Waals surface area contributed by atoms with Crippen LogP contribution in [0, 0.1) is 17.8 Å². The first-order chi connectivity index (χ1) is 17.3. The first-order valence-electron chi connectivity index (χ1n) is 14.0. The van der Waals surface area contributed by atoms with Crippen molar-refractivity contribution < 1.29 is 14.0 Å². The Morgan fingerprint density at radius 3 is 2.17 bits per heavy atom. The van der Waals surface area contributed by atoms with E-state index in [2.05, 4.69) is 100 Å². The Kier molecular flexibility index (Phi) is 7.08. The van der Waals surface area contributed by atoms with Crippen molar-refractivity contribution >= 4 is 24.8 Å². The molecule has 2 aromatic carbocycles. The van der Waals surface area contributed by atoms with Crippen LogP contribution in [0.25, 0.3) is 0 Å². The predicted molar refractivity (Wildman–Crippen MR) is 148 cm³/mol. The van der Waals surface area contributed by atoms with Gasteiger partial charge in [-0.15, -0.1) is 0 Å². The zero-order valence-corrected chi connectivity index (χ0v) is 23.7. The Labute approximate surface area is 218 Å². The fourth-order valence-corrected chi connectivity index (χ4v) is 12.1. The maximum absolute atomic E-state index is 12.9. The third-order valence-corrected chi connectivity index (χ3v) is 14.1. The predicted octanol–water partition coefficient (Wildman–Crippen LogP) is 5.99. The van der Waals surface area contributed by atoms with Crippen molar-refractivity contribution in [2.45, 2.75) is 90.0 Å². The fraction of sp³-hybridized carbons (Fsp3) is 0.581. The van der Waals surface area contributed by atoms with Gasteiger partial charge in [-0.05, 0) is 40.6 Å². The van der Waals surface area contributed by atoms with Crippen molar-refractivity contribution in [1.82, 2.24) is 4.90 Å². The van der Waals surface area contributed by atoms with Crippen LogP contribution in [0.5, 0.6) is 0 Å². The molecule has 2 aliphatic carbocycles. The molecule has 0 aromatic heterocycles. The van der Waals surface area contributed by atoms with Gasteiger partial charge in [0.05, 0.1) is 12.1 Å². The number of ether oxygens (including phenoxy) is 1. The highest BCUT2D eigenvalue weighted by molar-refractivity contribution is 6.99. The number of benzene rings is 2. The molecule has 194 valence electrons. The van der Waals surface area contributed by atoms with E-state index in [0.29, 0.717) is 17.8 Å². The van der Waals surface area contributed by atoms with E-state index in [1.54, 1.807) is 0 Å². The van der Waals surface area contributed by atoms with Crippen LogP contribution < -0.4 is 10.4 Å². The normalized spacial score (nSPS) is 28.3. The molecular weight excluding hydrogens is 462 g/mol. The van der Waals surface area contributed by atoms with E-state index in [4.69, 9.17) is 9.16 Å². The minimum atomic E-state index is -2.63. The number of carbonyl (C=O) groups excluding carboxylic acids is 1. The van der Waals surface area contributed by atoms with Crippen LogP contribution in [0.2, 0.25) is 5.04 Å². The van der Waals surface area contributed by atoms with Gasteiger partial charge in [-0.3, -0.25) is 0 Å². The second-order valence-corrected chi connectivity index (χ2v) is 16.7. The quantitative estimate of drug-likeness (QED) is 0.393. The van der Waals surface area contributed by atoms with Gasteiger partial charge in [-0.1, -0.05) is 108 Å². The average Bonchev–Trinajstić information content (AvgIpc) is 3.52. The molecule has 0 unspecified atom stereocenters. The van der Waals surface area contributed by atoms with Crippen molar-refractivity contribution in [3.8, 4) is 0 Å². The van der Waals surface area contributed by atoms with E-state index in [9.17, 15) is 4.79 Å². The van der Waals surface area contributed by atoms with Crippen LogP contribution in [0.1, 0.15) is 66.7 Å². The molecule has 0 spiro atoms. The van der Waals surface area contributed by atoms with E-state index in [1.165, 1.54) is 23.2 Å². The van der Waals surface area contributed by atoms with E-state index in [-0.39, 0.29) is 29.4 Å². The summed E-state index contributed by atoms with van der Waals surface area (Å²) in [6, 6.07) is 22.0. The Morgan fingerprint density at radius 1 is 1.00 bits per heavy atom. The summed E-state index contributed by atoms with van der Waals surface area (Å²) in [4.78, 5) is 15.0. The summed E-state index contributed by atoms with van der Waals surface area (Å²) in [6.07, 6.45) is 5.63. The zero-order chi connectivity index (χ0) is 25.5. The molecule has 36 heavy (non-hydrogen) atoms. The second kappa shape index (κ2) is 9.98. The van der Waals surface area contributed by atoms with Gasteiger partial charge in [0, 0.05) is 18.4 Å². The Balaban J connectivity index is 1.46. The third kappa shape index (κ3) is 4.32. The van der Waals surface area contributed by atoms with Gasteiger partial charge in [0.15, 0.2) is 0 Å². The summed E-state index contributed by atoms with van der Waals surface area (Å²) >= 11 is 0. The first-order valence-corrected chi connectivity index (χ1v) is 15.9. The Bertz CT molecular complexity index is 997. The monoisotopic (exact) mass is 505 g/mol. The largest absolute Gasteiger partial charge is 0.444 e. The van der Waals surface area contributed by atoms with Gasteiger partial charge in [0.25, 0.3) is 8.32 Å². The lowest BCUT2D eigenvalue weighted by Crippen LogP contribution is -2.68. The average molecular weight is 506 g/mol. The molecule has 2 saturated carbocycles. The first kappa shape index (κ1) is 25.5. The summed E-state index contributed by atoms with van der Waals surface area (Å²) in [6.45, 7) is 12.4. The molecular formula is C31H43NO3Si. The molecule has 3 fully saturated rings. The molecule has 1 saturated heterocycles. The van der Waals surface area contributed by atoms with Gasteiger partial charge in [-0.25, -0.2) is 4.79 Å². The smallest absolute Gasteiger partial charge is 0.410 e. The summed E-state index contributed by atoms with van der Waals surface area (Å²) in [5.41, 5.74) is 0. The lowest BCUT2D eigenvalue weighted by molar-refractivity contribution is 0.0434. The molecule has 2 bridgehead atoms. The van der Waals surface area contributed by atoms with E-state index in [0.717, 1.165) is 25.8 Å². The standard InChI is InChI=1S/C31H43NO3Si/c1-6-13-22(2)18-19-32-28-26-20-23(29(28)34-30(32)33)21-27(26)35-36(31(3,4)5,24-14-9-7-10-15-24)25-16-11-8-12-17-25/h7-12,14-17,22-23,26-29H,6,13,18-21H2,1-5H3/t22-,23+,26-,27+,28+,29-/m1/s1. The topological polar surface area (TPSA) is 38.8 Å². The summed E-state index contributed by atoms with van der Waals surface area (Å²) in [5, 5.41) is 2.60. The minimum absolute atomic E-state index is 0.0444. The fourth-order valence-electron chi connectivity index (χ4n) is 7.39. The van der Waals surface area contributed by atoms with Gasteiger partial charge in [-0.2, -0.15) is 0 Å². The zero-order valence-electron chi connectivity index (χ0n) is 22.7. The molecule has 4 nitrogen and oxygen atoms in total. The lowest BCUT2D eigenvalue weighted by atomic mass is 9.89. The molecule has 5 heteroatoms. The second-order valence-electron chi connectivity index (χ2n) is 12.4.